The maximum absolute atomic E-state index is 10.9. The number of aldehydes is 1. The molecule has 2 fully saturated rings. The van der Waals surface area contributed by atoms with Gasteiger partial charge in [-0.2, -0.15) is 0 Å². The van der Waals surface area contributed by atoms with E-state index in [1.165, 1.54) is 21.9 Å². The fourth-order valence-corrected chi connectivity index (χ4v) is 4.97. The van der Waals surface area contributed by atoms with Crippen molar-refractivity contribution in [2.24, 2.45) is 0 Å². The zero-order valence-electron chi connectivity index (χ0n) is 18.6. The molecule has 3 aromatic rings. The largest absolute Gasteiger partial charge is 0.490 e. The third kappa shape index (κ3) is 4.41. The van der Waals surface area contributed by atoms with Crippen molar-refractivity contribution in [3.8, 4) is 16.9 Å². The zero-order chi connectivity index (χ0) is 21.9. The van der Waals surface area contributed by atoms with E-state index in [-0.39, 0.29) is 12.2 Å². The minimum atomic E-state index is -0.222. The van der Waals surface area contributed by atoms with Crippen molar-refractivity contribution in [2.75, 3.05) is 19.7 Å². The van der Waals surface area contributed by atoms with Crippen molar-refractivity contribution < 1.29 is 14.3 Å². The van der Waals surface area contributed by atoms with E-state index in [1.807, 2.05) is 6.20 Å². The second-order valence-electron chi connectivity index (χ2n) is 8.82. The molecule has 0 spiro atoms. The number of piperidine rings is 1. The molecule has 2 aliphatic heterocycles. The molecule has 0 radical (unpaired) electrons. The Morgan fingerprint density at radius 1 is 1.09 bits per heavy atom. The number of pyridine rings is 1. The molecule has 2 aliphatic rings. The molecule has 0 amide bonds. The number of ether oxygens (including phenoxy) is 2. The van der Waals surface area contributed by atoms with Gasteiger partial charge in [-0.1, -0.05) is 31.2 Å². The van der Waals surface area contributed by atoms with Crippen molar-refractivity contribution in [1.82, 2.24) is 9.88 Å². The van der Waals surface area contributed by atoms with Crippen molar-refractivity contribution >= 4 is 17.1 Å². The van der Waals surface area contributed by atoms with Crippen LogP contribution in [0, 0.1) is 0 Å². The van der Waals surface area contributed by atoms with Crippen LogP contribution in [-0.4, -0.2) is 54.1 Å². The zero-order valence-corrected chi connectivity index (χ0v) is 18.6. The van der Waals surface area contributed by atoms with E-state index in [0.29, 0.717) is 12.6 Å². The minimum Gasteiger partial charge on any atom is -0.490 e. The Balaban J connectivity index is 1.20. The average molecular weight is 431 g/mol. The Bertz CT molecular complexity index is 1070. The summed E-state index contributed by atoms with van der Waals surface area (Å²) in [5.41, 5.74) is 3.54. The van der Waals surface area contributed by atoms with Gasteiger partial charge in [0.1, 0.15) is 24.2 Å². The molecule has 1 aromatic heterocycles. The molecule has 1 unspecified atom stereocenters. The summed E-state index contributed by atoms with van der Waals surface area (Å²) in [5.74, 6) is 0.927. The predicted molar refractivity (Wildman–Crippen MR) is 126 cm³/mol. The summed E-state index contributed by atoms with van der Waals surface area (Å²) in [6.07, 6.45) is 6.61. The lowest BCUT2D eigenvalue weighted by atomic mass is 10.0. The third-order valence-electron chi connectivity index (χ3n) is 6.82. The van der Waals surface area contributed by atoms with E-state index in [2.05, 4.69) is 65.3 Å². The fourth-order valence-electron chi connectivity index (χ4n) is 4.97. The van der Waals surface area contributed by atoms with Crippen molar-refractivity contribution in [3.05, 3.63) is 60.4 Å². The number of rotatable bonds is 6. The molecule has 2 aromatic carbocycles. The lowest BCUT2D eigenvalue weighted by Crippen LogP contribution is -2.44. The van der Waals surface area contributed by atoms with Crippen LogP contribution < -0.4 is 4.74 Å². The lowest BCUT2D eigenvalue weighted by Gasteiger charge is -2.35. The van der Waals surface area contributed by atoms with Gasteiger partial charge < -0.3 is 14.3 Å². The van der Waals surface area contributed by atoms with Gasteiger partial charge in [0.25, 0.3) is 0 Å². The average Bonchev–Trinajstić information content (AvgIpc) is 3.34. The molecule has 3 heterocycles. The second kappa shape index (κ2) is 9.39. The van der Waals surface area contributed by atoms with Crippen LogP contribution in [0.4, 0.5) is 0 Å². The van der Waals surface area contributed by atoms with Gasteiger partial charge >= 0.3 is 0 Å². The van der Waals surface area contributed by atoms with Gasteiger partial charge in [0.05, 0.1) is 6.61 Å². The van der Waals surface area contributed by atoms with E-state index in [9.17, 15) is 4.79 Å². The summed E-state index contributed by atoms with van der Waals surface area (Å²) in [5, 5.41) is 2.46. The van der Waals surface area contributed by atoms with Gasteiger partial charge in [-0.05, 0) is 66.5 Å². The van der Waals surface area contributed by atoms with Gasteiger partial charge in [0.2, 0.25) is 0 Å². The summed E-state index contributed by atoms with van der Waals surface area (Å²) in [4.78, 5) is 17.9. The van der Waals surface area contributed by atoms with E-state index in [1.54, 1.807) is 0 Å². The van der Waals surface area contributed by atoms with Crippen LogP contribution >= 0.6 is 0 Å². The molecule has 0 aliphatic carbocycles. The smallest absolute Gasteiger partial charge is 0.148 e. The van der Waals surface area contributed by atoms with Crippen LogP contribution in [0.5, 0.6) is 5.75 Å². The molecule has 2 saturated heterocycles. The SMILES string of the molecule is CCc1nccc2cc(-c3ccc(OC4CCN(C5CO[C@@H](C=O)C5)CC4)cc3)ccc12. The first-order valence-electron chi connectivity index (χ1n) is 11.7. The van der Waals surface area contributed by atoms with E-state index in [4.69, 9.17) is 9.47 Å². The number of carbonyl (C=O) groups is 1. The number of hydrogen-bond donors (Lipinski definition) is 0. The van der Waals surface area contributed by atoms with E-state index < -0.39 is 0 Å². The summed E-state index contributed by atoms with van der Waals surface area (Å²) in [6, 6.07) is 17.5. The standard InChI is InChI=1S/C27H30N2O3/c1-2-27-26-8-5-20(15-21(26)9-12-28-27)19-3-6-23(7-4-19)32-24-10-13-29(14-11-24)22-16-25(17-30)31-18-22/h3-9,12,15,17,22,24-25H,2,10-11,13-14,16,18H2,1H3/t22?,25-/m1/s1. The molecule has 2 atom stereocenters. The molecule has 0 bridgehead atoms. The van der Waals surface area contributed by atoms with Crippen LogP contribution in [0.15, 0.2) is 54.7 Å². The van der Waals surface area contributed by atoms with Crippen LogP contribution in [-0.2, 0) is 16.0 Å². The molecular formula is C27H30N2O3. The minimum absolute atomic E-state index is 0.222. The van der Waals surface area contributed by atoms with Gasteiger partial charge in [-0.25, -0.2) is 0 Å². The van der Waals surface area contributed by atoms with Gasteiger partial charge in [-0.3, -0.25) is 9.88 Å². The Morgan fingerprint density at radius 2 is 1.88 bits per heavy atom. The molecule has 5 heteroatoms. The first-order chi connectivity index (χ1) is 15.7. The Morgan fingerprint density at radius 3 is 2.59 bits per heavy atom. The summed E-state index contributed by atoms with van der Waals surface area (Å²) in [6.45, 7) is 4.80. The maximum Gasteiger partial charge on any atom is 0.148 e. The third-order valence-corrected chi connectivity index (χ3v) is 6.82. The molecule has 32 heavy (non-hydrogen) atoms. The number of carbonyl (C=O) groups excluding carboxylic acids is 1. The van der Waals surface area contributed by atoms with Gasteiger partial charge in [0.15, 0.2) is 0 Å². The Labute approximate surface area is 189 Å². The molecular weight excluding hydrogens is 400 g/mol. The molecule has 5 rings (SSSR count). The Hall–Kier alpha value is -2.76. The van der Waals surface area contributed by atoms with Crippen molar-refractivity contribution in [2.45, 2.75) is 50.9 Å². The first kappa shape index (κ1) is 21.1. The highest BCUT2D eigenvalue weighted by Crippen LogP contribution is 2.29. The van der Waals surface area contributed by atoms with Crippen molar-refractivity contribution in [3.63, 3.8) is 0 Å². The highest BCUT2D eigenvalue weighted by atomic mass is 16.5. The van der Waals surface area contributed by atoms with Gasteiger partial charge in [0, 0.05) is 36.4 Å². The number of benzene rings is 2. The molecule has 0 saturated carbocycles. The monoisotopic (exact) mass is 430 g/mol. The lowest BCUT2D eigenvalue weighted by molar-refractivity contribution is -0.115. The van der Waals surface area contributed by atoms with Crippen LogP contribution in [0.1, 0.15) is 31.9 Å². The summed E-state index contributed by atoms with van der Waals surface area (Å²) < 4.78 is 11.8. The fraction of sp³-hybridized carbons (Fsp3) is 0.407. The number of aryl methyl sites for hydroxylation is 1. The van der Waals surface area contributed by atoms with E-state index in [0.717, 1.165) is 56.5 Å². The molecule has 166 valence electrons. The highest BCUT2D eigenvalue weighted by molar-refractivity contribution is 5.88. The van der Waals surface area contributed by atoms with Crippen LogP contribution in [0.2, 0.25) is 0 Å². The first-order valence-corrected chi connectivity index (χ1v) is 11.7. The number of aromatic nitrogens is 1. The predicted octanol–water partition coefficient (Wildman–Crippen LogP) is 4.66. The number of likely N-dealkylation sites (tertiary alicyclic amines) is 1. The maximum atomic E-state index is 10.9. The molecule has 0 N–H and O–H groups in total. The number of hydrogen-bond acceptors (Lipinski definition) is 5. The summed E-state index contributed by atoms with van der Waals surface area (Å²) in [7, 11) is 0. The van der Waals surface area contributed by atoms with Crippen LogP contribution in [0.25, 0.3) is 21.9 Å². The Kier molecular flexibility index (Phi) is 6.19. The highest BCUT2D eigenvalue weighted by Gasteiger charge is 2.32. The topological polar surface area (TPSA) is 51.7 Å². The van der Waals surface area contributed by atoms with Gasteiger partial charge in [-0.15, -0.1) is 0 Å². The quantitative estimate of drug-likeness (QED) is 0.532. The van der Waals surface area contributed by atoms with Crippen LogP contribution in [0.3, 0.4) is 0 Å². The number of nitrogens with zero attached hydrogens (tertiary/aromatic N) is 2. The molecule has 5 nitrogen and oxygen atoms in total. The summed E-state index contributed by atoms with van der Waals surface area (Å²) >= 11 is 0. The second-order valence-corrected chi connectivity index (χ2v) is 8.82. The van der Waals surface area contributed by atoms with Crippen molar-refractivity contribution in [1.29, 1.82) is 0 Å². The number of fused-ring (bicyclic) bond motifs is 1. The normalized spacial score (nSPS) is 22.3. The van der Waals surface area contributed by atoms with E-state index >= 15 is 0 Å².